The van der Waals surface area contributed by atoms with E-state index in [-0.39, 0.29) is 23.0 Å². The van der Waals surface area contributed by atoms with Gasteiger partial charge in [0, 0.05) is 6.54 Å². The number of carboxylic acids is 1. The number of rotatable bonds is 4. The molecule has 0 heterocycles. The van der Waals surface area contributed by atoms with Crippen molar-refractivity contribution in [3.63, 3.8) is 0 Å². The summed E-state index contributed by atoms with van der Waals surface area (Å²) in [6.07, 6.45) is -0.0654. The summed E-state index contributed by atoms with van der Waals surface area (Å²) in [6, 6.07) is 2.22. The second-order valence-electron chi connectivity index (χ2n) is 2.81. The van der Waals surface area contributed by atoms with Crippen molar-refractivity contribution in [3.05, 3.63) is 28.0 Å². The third kappa shape index (κ3) is 3.57. The van der Waals surface area contributed by atoms with Crippen LogP contribution in [0.25, 0.3) is 0 Å². The Morgan fingerprint density at radius 1 is 1.40 bits per heavy atom. The van der Waals surface area contributed by atoms with E-state index in [4.69, 9.17) is 28.3 Å². The molecule has 0 amide bonds. The van der Waals surface area contributed by atoms with Gasteiger partial charge >= 0.3 is 5.97 Å². The van der Waals surface area contributed by atoms with Gasteiger partial charge in [0.05, 0.1) is 22.2 Å². The van der Waals surface area contributed by atoms with E-state index in [1.54, 1.807) is 0 Å². The summed E-state index contributed by atoms with van der Waals surface area (Å²) < 4.78 is 12.8. The molecule has 82 valence electrons. The number of anilines is 1. The Morgan fingerprint density at radius 2 is 1.93 bits per heavy atom. The van der Waals surface area contributed by atoms with Crippen LogP contribution < -0.4 is 5.32 Å². The summed E-state index contributed by atoms with van der Waals surface area (Å²) in [5.41, 5.74) is 0.348. The Kier molecular flexibility index (Phi) is 4.17. The molecule has 1 aromatic carbocycles. The number of halogens is 3. The zero-order valence-electron chi connectivity index (χ0n) is 7.56. The summed E-state index contributed by atoms with van der Waals surface area (Å²) in [6.45, 7) is 0.181. The monoisotopic (exact) mass is 251 g/mol. The minimum Gasteiger partial charge on any atom is -0.481 e. The van der Waals surface area contributed by atoms with E-state index in [1.807, 2.05) is 0 Å². The van der Waals surface area contributed by atoms with E-state index in [2.05, 4.69) is 5.32 Å². The van der Waals surface area contributed by atoms with Gasteiger partial charge in [0.1, 0.15) is 5.82 Å². The normalized spacial score (nSPS) is 10.1. The molecule has 1 aromatic rings. The molecule has 3 nitrogen and oxygen atoms in total. The van der Waals surface area contributed by atoms with Gasteiger partial charge < -0.3 is 10.4 Å². The minimum absolute atomic E-state index is 0.0654. The predicted octanol–water partition coefficient (Wildman–Crippen LogP) is 3.02. The first kappa shape index (κ1) is 12.1. The molecule has 0 aliphatic heterocycles. The maximum absolute atomic E-state index is 12.8. The highest BCUT2D eigenvalue weighted by atomic mass is 35.5. The van der Waals surface area contributed by atoms with Crippen molar-refractivity contribution in [3.8, 4) is 0 Å². The standard InChI is InChI=1S/C9H8Cl2FNO2/c10-6-3-5(12)4-7(11)9(6)13-2-1-8(14)15/h3-4,13H,1-2H2,(H,14,15). The maximum Gasteiger partial charge on any atom is 0.305 e. The molecule has 0 aliphatic carbocycles. The zero-order chi connectivity index (χ0) is 11.4. The van der Waals surface area contributed by atoms with Gasteiger partial charge in [0.2, 0.25) is 0 Å². The van der Waals surface area contributed by atoms with E-state index >= 15 is 0 Å². The van der Waals surface area contributed by atoms with Crippen LogP contribution in [0.15, 0.2) is 12.1 Å². The second-order valence-corrected chi connectivity index (χ2v) is 3.63. The SMILES string of the molecule is O=C(O)CCNc1c(Cl)cc(F)cc1Cl. The topological polar surface area (TPSA) is 49.3 Å². The minimum atomic E-state index is -0.933. The number of nitrogens with one attached hydrogen (secondary N) is 1. The summed E-state index contributed by atoms with van der Waals surface area (Å²) in [5, 5.41) is 11.4. The Bertz CT molecular complexity index is 361. The lowest BCUT2D eigenvalue weighted by Crippen LogP contribution is -2.08. The Balaban J connectivity index is 2.72. The first-order valence-electron chi connectivity index (χ1n) is 4.11. The van der Waals surface area contributed by atoms with Gasteiger partial charge in [-0.25, -0.2) is 4.39 Å². The second kappa shape index (κ2) is 5.19. The summed E-state index contributed by atoms with van der Waals surface area (Å²) in [4.78, 5) is 10.2. The molecule has 0 unspecified atom stereocenters. The van der Waals surface area contributed by atoms with Crippen LogP contribution in [-0.4, -0.2) is 17.6 Å². The van der Waals surface area contributed by atoms with Crippen LogP contribution in [0.1, 0.15) is 6.42 Å². The van der Waals surface area contributed by atoms with Crippen molar-refractivity contribution in [2.24, 2.45) is 0 Å². The Labute approximate surface area is 95.8 Å². The molecular weight excluding hydrogens is 244 g/mol. The van der Waals surface area contributed by atoms with Crippen LogP contribution in [0.3, 0.4) is 0 Å². The van der Waals surface area contributed by atoms with Crippen molar-refractivity contribution in [2.75, 3.05) is 11.9 Å². The fraction of sp³-hybridized carbons (Fsp3) is 0.222. The first-order valence-corrected chi connectivity index (χ1v) is 4.86. The molecule has 0 aliphatic rings. The van der Waals surface area contributed by atoms with Gasteiger partial charge in [0.15, 0.2) is 0 Å². The van der Waals surface area contributed by atoms with Crippen LogP contribution in [0, 0.1) is 5.82 Å². The van der Waals surface area contributed by atoms with Crippen LogP contribution in [0.2, 0.25) is 10.0 Å². The van der Waals surface area contributed by atoms with Gasteiger partial charge in [-0.1, -0.05) is 23.2 Å². The molecule has 0 fully saturated rings. The third-order valence-corrected chi connectivity index (χ3v) is 2.24. The van der Waals surface area contributed by atoms with E-state index in [9.17, 15) is 9.18 Å². The molecule has 0 aromatic heterocycles. The average molecular weight is 252 g/mol. The van der Waals surface area contributed by atoms with Crippen LogP contribution >= 0.6 is 23.2 Å². The summed E-state index contributed by atoms with van der Waals surface area (Å²) >= 11 is 11.4. The van der Waals surface area contributed by atoms with Gasteiger partial charge in [-0.2, -0.15) is 0 Å². The maximum atomic E-state index is 12.8. The van der Waals surface area contributed by atoms with Crippen LogP contribution in [0.5, 0.6) is 0 Å². The Hall–Kier alpha value is -1.00. The van der Waals surface area contributed by atoms with Crippen LogP contribution in [-0.2, 0) is 4.79 Å². The Morgan fingerprint density at radius 3 is 2.40 bits per heavy atom. The smallest absolute Gasteiger partial charge is 0.305 e. The van der Waals surface area contributed by atoms with Gasteiger partial charge in [-0.15, -0.1) is 0 Å². The van der Waals surface area contributed by atoms with Crippen molar-refractivity contribution < 1.29 is 14.3 Å². The summed E-state index contributed by atoms with van der Waals surface area (Å²) in [7, 11) is 0. The molecule has 1 rings (SSSR count). The van der Waals surface area contributed by atoms with Gasteiger partial charge in [0.25, 0.3) is 0 Å². The largest absolute Gasteiger partial charge is 0.481 e. The highest BCUT2D eigenvalue weighted by Crippen LogP contribution is 2.31. The number of carboxylic acid groups (broad SMARTS) is 1. The van der Waals surface area contributed by atoms with Crippen molar-refractivity contribution in [1.82, 2.24) is 0 Å². The zero-order valence-corrected chi connectivity index (χ0v) is 9.07. The van der Waals surface area contributed by atoms with E-state index in [0.29, 0.717) is 5.69 Å². The van der Waals surface area contributed by atoms with E-state index in [0.717, 1.165) is 12.1 Å². The quantitative estimate of drug-likeness (QED) is 0.865. The van der Waals surface area contributed by atoms with E-state index < -0.39 is 11.8 Å². The lowest BCUT2D eigenvalue weighted by molar-refractivity contribution is -0.136. The molecule has 0 radical (unpaired) electrons. The number of carbonyl (C=O) groups is 1. The predicted molar refractivity (Wildman–Crippen MR) is 57.2 cm³/mol. The first-order chi connectivity index (χ1) is 7.00. The molecule has 6 heteroatoms. The molecule has 0 saturated carbocycles. The number of aliphatic carboxylic acids is 1. The van der Waals surface area contributed by atoms with Crippen molar-refractivity contribution in [1.29, 1.82) is 0 Å². The van der Waals surface area contributed by atoms with E-state index in [1.165, 1.54) is 0 Å². The lowest BCUT2D eigenvalue weighted by Gasteiger charge is -2.09. The number of hydrogen-bond acceptors (Lipinski definition) is 2. The molecule has 2 N–H and O–H groups in total. The highest BCUT2D eigenvalue weighted by molar-refractivity contribution is 6.39. The van der Waals surface area contributed by atoms with Crippen molar-refractivity contribution >= 4 is 34.9 Å². The highest BCUT2D eigenvalue weighted by Gasteiger charge is 2.08. The molecule has 15 heavy (non-hydrogen) atoms. The third-order valence-electron chi connectivity index (χ3n) is 1.65. The fourth-order valence-electron chi connectivity index (χ4n) is 1.01. The average Bonchev–Trinajstić information content (AvgIpc) is 2.08. The molecule has 0 bridgehead atoms. The molecule has 0 atom stereocenters. The lowest BCUT2D eigenvalue weighted by atomic mass is 10.3. The molecule has 0 saturated heterocycles. The number of hydrogen-bond donors (Lipinski definition) is 2. The summed E-state index contributed by atoms with van der Waals surface area (Å²) in [5.74, 6) is -1.47. The molecule has 0 spiro atoms. The van der Waals surface area contributed by atoms with Gasteiger partial charge in [-0.3, -0.25) is 4.79 Å². The number of benzene rings is 1. The molecular formula is C9H8Cl2FNO2. The van der Waals surface area contributed by atoms with Crippen molar-refractivity contribution in [2.45, 2.75) is 6.42 Å². The van der Waals surface area contributed by atoms with Gasteiger partial charge in [-0.05, 0) is 12.1 Å². The van der Waals surface area contributed by atoms with Crippen LogP contribution in [0.4, 0.5) is 10.1 Å². The fourth-order valence-corrected chi connectivity index (χ4v) is 1.60.